The molecule has 0 atom stereocenters. The standard InChI is InChI=1S/C17H21N3OS/c1-12-9-13(11-14(21)10-12)3-2-6-20-7-4-15-16(5-8-20)22-17(18)19-15/h2-3,9-11,21H,4-8H2,1H3,(H2,18,19). The predicted molar refractivity (Wildman–Crippen MR) is 92.3 cm³/mol. The van der Waals surface area contributed by atoms with Crippen LogP contribution in [0.25, 0.3) is 6.08 Å². The van der Waals surface area contributed by atoms with Crippen molar-refractivity contribution in [2.75, 3.05) is 25.4 Å². The van der Waals surface area contributed by atoms with Gasteiger partial charge in [-0.1, -0.05) is 18.2 Å². The number of nitrogen functional groups attached to an aromatic ring is 1. The largest absolute Gasteiger partial charge is 0.508 e. The number of rotatable bonds is 3. The fraction of sp³-hybridized carbons (Fsp3) is 0.353. The van der Waals surface area contributed by atoms with E-state index in [1.165, 1.54) is 10.6 Å². The number of nitrogens with zero attached hydrogens (tertiary/aromatic N) is 2. The fourth-order valence-electron chi connectivity index (χ4n) is 2.84. The van der Waals surface area contributed by atoms with Gasteiger partial charge in [0.25, 0.3) is 0 Å². The second kappa shape index (κ2) is 6.50. The van der Waals surface area contributed by atoms with Crippen molar-refractivity contribution in [2.24, 2.45) is 0 Å². The summed E-state index contributed by atoms with van der Waals surface area (Å²) in [6.07, 6.45) is 6.24. The predicted octanol–water partition coefficient (Wildman–Crippen LogP) is 2.85. The molecule has 2 aromatic rings. The van der Waals surface area contributed by atoms with Crippen LogP contribution in [0.5, 0.6) is 5.75 Å². The van der Waals surface area contributed by atoms with Crippen molar-refractivity contribution in [1.82, 2.24) is 9.88 Å². The Hall–Kier alpha value is -1.85. The molecule has 1 aromatic heterocycles. The lowest BCUT2D eigenvalue weighted by Crippen LogP contribution is -2.26. The third kappa shape index (κ3) is 3.67. The summed E-state index contributed by atoms with van der Waals surface area (Å²) in [5.41, 5.74) is 9.07. The Kier molecular flexibility index (Phi) is 4.45. The quantitative estimate of drug-likeness (QED) is 0.914. The van der Waals surface area contributed by atoms with Crippen LogP contribution in [0.4, 0.5) is 5.13 Å². The number of aromatic nitrogens is 1. The minimum Gasteiger partial charge on any atom is -0.508 e. The van der Waals surface area contributed by atoms with Crippen LogP contribution < -0.4 is 5.73 Å². The molecule has 0 radical (unpaired) electrons. The molecule has 0 saturated heterocycles. The Morgan fingerprint density at radius 2 is 2.14 bits per heavy atom. The zero-order chi connectivity index (χ0) is 15.5. The van der Waals surface area contributed by atoms with Crippen LogP contribution in [-0.4, -0.2) is 34.6 Å². The average molecular weight is 315 g/mol. The summed E-state index contributed by atoms with van der Waals surface area (Å²) in [5, 5.41) is 10.3. The second-order valence-corrected chi connectivity index (χ2v) is 6.84. The van der Waals surface area contributed by atoms with Crippen molar-refractivity contribution < 1.29 is 5.11 Å². The summed E-state index contributed by atoms with van der Waals surface area (Å²) in [7, 11) is 0. The Balaban J connectivity index is 1.58. The van der Waals surface area contributed by atoms with E-state index >= 15 is 0 Å². The van der Waals surface area contributed by atoms with Gasteiger partial charge in [0.15, 0.2) is 5.13 Å². The molecular weight excluding hydrogens is 294 g/mol. The zero-order valence-corrected chi connectivity index (χ0v) is 13.6. The molecule has 0 amide bonds. The summed E-state index contributed by atoms with van der Waals surface area (Å²) in [5.74, 6) is 0.322. The highest BCUT2D eigenvalue weighted by atomic mass is 32.1. The minimum absolute atomic E-state index is 0.322. The second-order valence-electron chi connectivity index (χ2n) is 5.73. The molecule has 1 aromatic carbocycles. The van der Waals surface area contributed by atoms with Gasteiger partial charge in [0.2, 0.25) is 0 Å². The molecule has 22 heavy (non-hydrogen) atoms. The fourth-order valence-corrected chi connectivity index (χ4v) is 3.71. The maximum Gasteiger partial charge on any atom is 0.180 e. The Morgan fingerprint density at radius 1 is 1.32 bits per heavy atom. The number of aromatic hydroxyl groups is 1. The number of benzene rings is 1. The molecule has 4 nitrogen and oxygen atoms in total. The van der Waals surface area contributed by atoms with Gasteiger partial charge in [0.05, 0.1) is 5.69 Å². The highest BCUT2D eigenvalue weighted by Gasteiger charge is 2.16. The van der Waals surface area contributed by atoms with Gasteiger partial charge in [-0.25, -0.2) is 4.98 Å². The SMILES string of the molecule is Cc1cc(O)cc(C=CCN2CCc3nc(N)sc3CC2)c1. The number of thiazole rings is 1. The van der Waals surface area contributed by atoms with Crippen LogP contribution in [0.15, 0.2) is 24.3 Å². The first-order chi connectivity index (χ1) is 10.6. The molecule has 5 heteroatoms. The number of phenols is 1. The summed E-state index contributed by atoms with van der Waals surface area (Å²) in [6.45, 7) is 4.96. The molecule has 3 N–H and O–H groups in total. The van der Waals surface area contributed by atoms with E-state index in [0.717, 1.165) is 43.6 Å². The van der Waals surface area contributed by atoms with E-state index in [9.17, 15) is 5.11 Å². The van der Waals surface area contributed by atoms with Gasteiger partial charge in [-0.15, -0.1) is 11.3 Å². The van der Waals surface area contributed by atoms with Crippen LogP contribution in [-0.2, 0) is 12.8 Å². The Morgan fingerprint density at radius 3 is 2.95 bits per heavy atom. The number of nitrogens with two attached hydrogens (primary N) is 1. The van der Waals surface area contributed by atoms with Gasteiger partial charge in [0.1, 0.15) is 5.75 Å². The number of hydrogen-bond acceptors (Lipinski definition) is 5. The average Bonchev–Trinajstić information content (AvgIpc) is 2.70. The molecular formula is C17H21N3OS. The van der Waals surface area contributed by atoms with E-state index in [-0.39, 0.29) is 0 Å². The molecule has 0 saturated carbocycles. The van der Waals surface area contributed by atoms with Crippen molar-refractivity contribution in [3.8, 4) is 5.75 Å². The normalized spacial score (nSPS) is 15.9. The third-order valence-electron chi connectivity index (χ3n) is 3.87. The molecule has 0 aliphatic carbocycles. The van der Waals surface area contributed by atoms with E-state index < -0.39 is 0 Å². The summed E-state index contributed by atoms with van der Waals surface area (Å²) in [6, 6.07) is 5.63. The number of aryl methyl sites for hydroxylation is 1. The molecule has 0 bridgehead atoms. The monoisotopic (exact) mass is 315 g/mol. The van der Waals surface area contributed by atoms with Gasteiger partial charge in [0, 0.05) is 30.9 Å². The first kappa shape index (κ1) is 15.1. The Bertz CT molecular complexity index is 647. The Labute approximate surface area is 134 Å². The molecule has 1 aliphatic rings. The highest BCUT2D eigenvalue weighted by Crippen LogP contribution is 2.24. The van der Waals surface area contributed by atoms with Gasteiger partial charge in [-0.3, -0.25) is 4.90 Å². The maximum atomic E-state index is 9.62. The van der Waals surface area contributed by atoms with E-state index in [1.807, 2.05) is 6.92 Å². The highest BCUT2D eigenvalue weighted by molar-refractivity contribution is 7.15. The topological polar surface area (TPSA) is 62.4 Å². The van der Waals surface area contributed by atoms with Gasteiger partial charge < -0.3 is 10.8 Å². The van der Waals surface area contributed by atoms with Crippen molar-refractivity contribution in [1.29, 1.82) is 0 Å². The number of hydrogen-bond donors (Lipinski definition) is 2. The van der Waals surface area contributed by atoms with Crippen LogP contribution in [0.3, 0.4) is 0 Å². The van der Waals surface area contributed by atoms with E-state index in [4.69, 9.17) is 5.73 Å². The van der Waals surface area contributed by atoms with Crippen molar-refractivity contribution >= 4 is 22.5 Å². The van der Waals surface area contributed by atoms with E-state index in [2.05, 4.69) is 28.1 Å². The van der Waals surface area contributed by atoms with E-state index in [1.54, 1.807) is 23.5 Å². The molecule has 3 rings (SSSR count). The smallest absolute Gasteiger partial charge is 0.180 e. The molecule has 2 heterocycles. The van der Waals surface area contributed by atoms with Gasteiger partial charge in [-0.2, -0.15) is 0 Å². The molecule has 0 fully saturated rings. The zero-order valence-electron chi connectivity index (χ0n) is 12.7. The molecule has 116 valence electrons. The summed E-state index contributed by atoms with van der Waals surface area (Å²) >= 11 is 1.62. The van der Waals surface area contributed by atoms with Crippen LogP contribution in [0.1, 0.15) is 21.7 Å². The first-order valence-corrected chi connectivity index (χ1v) is 8.35. The lowest BCUT2D eigenvalue weighted by molar-refractivity contribution is 0.318. The van der Waals surface area contributed by atoms with Crippen LogP contribution in [0.2, 0.25) is 0 Å². The third-order valence-corrected chi connectivity index (χ3v) is 4.86. The minimum atomic E-state index is 0.322. The molecule has 0 spiro atoms. The van der Waals surface area contributed by atoms with Crippen molar-refractivity contribution in [3.05, 3.63) is 46.0 Å². The summed E-state index contributed by atoms with van der Waals surface area (Å²) < 4.78 is 0. The molecule has 0 unspecified atom stereocenters. The van der Waals surface area contributed by atoms with Crippen LogP contribution >= 0.6 is 11.3 Å². The number of phenolic OH excluding ortho intramolecular Hbond substituents is 1. The van der Waals surface area contributed by atoms with Crippen LogP contribution in [0, 0.1) is 6.92 Å². The van der Waals surface area contributed by atoms with Gasteiger partial charge >= 0.3 is 0 Å². The maximum absolute atomic E-state index is 9.62. The first-order valence-electron chi connectivity index (χ1n) is 7.54. The summed E-state index contributed by atoms with van der Waals surface area (Å²) in [4.78, 5) is 8.18. The van der Waals surface area contributed by atoms with Gasteiger partial charge in [-0.05, 0) is 36.6 Å². The number of anilines is 1. The lowest BCUT2D eigenvalue weighted by Gasteiger charge is -2.17. The van der Waals surface area contributed by atoms with Crippen molar-refractivity contribution in [3.63, 3.8) is 0 Å². The molecule has 1 aliphatic heterocycles. The number of fused-ring (bicyclic) bond motifs is 1. The lowest BCUT2D eigenvalue weighted by atomic mass is 10.1. The van der Waals surface area contributed by atoms with Crippen molar-refractivity contribution in [2.45, 2.75) is 19.8 Å². The van der Waals surface area contributed by atoms with E-state index in [0.29, 0.717) is 10.9 Å².